The Balaban J connectivity index is 0.00000324. The summed E-state index contributed by atoms with van der Waals surface area (Å²) in [5.41, 5.74) is 3.95. The van der Waals surface area contributed by atoms with Crippen LogP contribution < -0.4 is 5.73 Å². The van der Waals surface area contributed by atoms with E-state index in [0.29, 0.717) is 12.0 Å². The highest BCUT2D eigenvalue weighted by atomic mass is 79.9. The molecule has 0 fully saturated rings. The van der Waals surface area contributed by atoms with E-state index < -0.39 is 11.1 Å². The van der Waals surface area contributed by atoms with E-state index in [1.54, 1.807) is 19.1 Å². The van der Waals surface area contributed by atoms with Crippen LogP contribution in [0.3, 0.4) is 0 Å². The Morgan fingerprint density at radius 2 is 1.79 bits per heavy atom. The molecule has 0 saturated carbocycles. The van der Waals surface area contributed by atoms with E-state index in [2.05, 4.69) is 6.92 Å². The molecule has 1 aromatic rings. The minimum absolute atomic E-state index is 0. The van der Waals surface area contributed by atoms with Crippen LogP contribution in [-0.4, -0.2) is 16.6 Å². The van der Waals surface area contributed by atoms with Gasteiger partial charge >= 0.3 is 0 Å². The molecule has 0 saturated heterocycles. The van der Waals surface area contributed by atoms with Crippen molar-refractivity contribution < 1.29 is 9.90 Å². The van der Waals surface area contributed by atoms with Crippen LogP contribution in [0.4, 0.5) is 0 Å². The van der Waals surface area contributed by atoms with Gasteiger partial charge in [-0.2, -0.15) is 0 Å². The Hall–Kier alpha value is -0.710. The summed E-state index contributed by atoms with van der Waals surface area (Å²) in [5.74, 6) is -0.0935. The third-order valence-corrected chi connectivity index (χ3v) is 3.68. The van der Waals surface area contributed by atoms with Gasteiger partial charge in [-0.3, -0.25) is 4.79 Å². The average molecular weight is 330 g/mol. The zero-order valence-corrected chi connectivity index (χ0v) is 13.6. The van der Waals surface area contributed by atoms with E-state index >= 15 is 0 Å². The molecular weight excluding hydrogens is 306 g/mol. The highest BCUT2D eigenvalue weighted by Crippen LogP contribution is 2.36. The fourth-order valence-corrected chi connectivity index (χ4v) is 2.03. The van der Waals surface area contributed by atoms with Crippen molar-refractivity contribution in [3.8, 4) is 0 Å². The van der Waals surface area contributed by atoms with Crippen molar-refractivity contribution in [2.45, 2.75) is 45.8 Å². The number of Topliss-reactive ketones (excluding diaryl/α,β-unsaturated/α-hetero) is 1. The molecule has 3 N–H and O–H groups in total. The van der Waals surface area contributed by atoms with Gasteiger partial charge in [0.15, 0.2) is 5.78 Å². The molecular formula is C15H24BrNO2. The van der Waals surface area contributed by atoms with E-state index in [4.69, 9.17) is 5.73 Å². The lowest BCUT2D eigenvalue weighted by molar-refractivity contribution is -0.0434. The summed E-state index contributed by atoms with van der Waals surface area (Å²) in [4.78, 5) is 12.6. The van der Waals surface area contributed by atoms with Gasteiger partial charge in [0.1, 0.15) is 5.72 Å². The molecule has 0 amide bonds. The topological polar surface area (TPSA) is 63.3 Å². The maximum Gasteiger partial charge on any atom is 0.172 e. The average Bonchev–Trinajstić information content (AvgIpc) is 2.34. The van der Waals surface area contributed by atoms with Gasteiger partial charge in [0.05, 0.1) is 5.41 Å². The molecule has 0 heterocycles. The van der Waals surface area contributed by atoms with Crippen molar-refractivity contribution >= 4 is 22.8 Å². The number of hydrogen-bond donors (Lipinski definition) is 2. The van der Waals surface area contributed by atoms with Crippen molar-refractivity contribution in [3.63, 3.8) is 0 Å². The number of carbonyl (C=O) groups excluding carboxylic acids is 1. The lowest BCUT2D eigenvalue weighted by Crippen LogP contribution is -2.55. The van der Waals surface area contributed by atoms with Crippen LogP contribution in [0.25, 0.3) is 0 Å². The fourth-order valence-electron chi connectivity index (χ4n) is 2.03. The van der Waals surface area contributed by atoms with Crippen LogP contribution >= 0.6 is 17.0 Å². The zero-order valence-electron chi connectivity index (χ0n) is 11.8. The summed E-state index contributed by atoms with van der Waals surface area (Å²) in [6, 6.07) is 9.02. The second kappa shape index (κ2) is 7.17. The molecule has 2 atom stereocenters. The molecule has 0 aliphatic carbocycles. The van der Waals surface area contributed by atoms with Gasteiger partial charge in [0.25, 0.3) is 0 Å². The first-order valence-corrected chi connectivity index (χ1v) is 6.44. The van der Waals surface area contributed by atoms with Crippen molar-refractivity contribution in [3.05, 3.63) is 35.9 Å². The molecule has 0 bridgehead atoms. The Bertz CT molecular complexity index is 400. The number of aliphatic hydroxyl groups is 1. The van der Waals surface area contributed by atoms with Gasteiger partial charge in [0.2, 0.25) is 0 Å². The molecule has 0 aliphatic rings. The molecule has 4 heteroatoms. The van der Waals surface area contributed by atoms with E-state index in [0.717, 1.165) is 12.8 Å². The standard InChI is InChI=1S/C15H23NO2.BrH/c1-4-5-11-14(2,15(3,16)18)13(17)12-9-7-6-8-10-12;/h6-10,18H,4-5,11,16H2,1-3H3;1H. The van der Waals surface area contributed by atoms with Crippen molar-refractivity contribution in [1.29, 1.82) is 0 Å². The smallest absolute Gasteiger partial charge is 0.172 e. The first-order valence-electron chi connectivity index (χ1n) is 6.44. The largest absolute Gasteiger partial charge is 0.375 e. The minimum Gasteiger partial charge on any atom is -0.375 e. The molecule has 19 heavy (non-hydrogen) atoms. The number of benzene rings is 1. The number of hydrogen-bond acceptors (Lipinski definition) is 3. The second-order valence-electron chi connectivity index (χ2n) is 5.28. The molecule has 1 aromatic carbocycles. The van der Waals surface area contributed by atoms with Crippen molar-refractivity contribution in [2.75, 3.05) is 0 Å². The van der Waals surface area contributed by atoms with Gasteiger partial charge in [-0.1, -0.05) is 50.1 Å². The van der Waals surface area contributed by atoms with Crippen LogP contribution in [-0.2, 0) is 0 Å². The van der Waals surface area contributed by atoms with Crippen LogP contribution in [0.2, 0.25) is 0 Å². The Kier molecular flexibility index (Phi) is 6.91. The predicted octanol–water partition coefficient (Wildman–Crippen LogP) is 3.31. The molecule has 3 nitrogen and oxygen atoms in total. The summed E-state index contributed by atoms with van der Waals surface area (Å²) in [5, 5.41) is 10.2. The third kappa shape index (κ3) is 4.13. The van der Waals surface area contributed by atoms with Crippen molar-refractivity contribution in [1.82, 2.24) is 0 Å². The SMILES string of the molecule is Br.CCCCC(C)(C(=O)c1ccccc1)C(C)(N)O. The van der Waals surface area contributed by atoms with Gasteiger partial charge in [-0.25, -0.2) is 0 Å². The lowest BCUT2D eigenvalue weighted by atomic mass is 9.71. The van der Waals surface area contributed by atoms with Gasteiger partial charge in [-0.05, 0) is 20.3 Å². The Morgan fingerprint density at radius 3 is 2.21 bits per heavy atom. The van der Waals surface area contributed by atoms with Gasteiger partial charge < -0.3 is 10.8 Å². The molecule has 0 aliphatic heterocycles. The van der Waals surface area contributed by atoms with Gasteiger partial charge in [-0.15, -0.1) is 17.0 Å². The second-order valence-corrected chi connectivity index (χ2v) is 5.28. The van der Waals surface area contributed by atoms with E-state index in [-0.39, 0.29) is 22.8 Å². The van der Waals surface area contributed by atoms with E-state index in [1.807, 2.05) is 18.2 Å². The highest BCUT2D eigenvalue weighted by Gasteiger charge is 2.46. The number of nitrogens with two attached hydrogens (primary N) is 1. The van der Waals surface area contributed by atoms with Gasteiger partial charge in [0, 0.05) is 5.56 Å². The lowest BCUT2D eigenvalue weighted by Gasteiger charge is -2.39. The Morgan fingerprint density at radius 1 is 1.26 bits per heavy atom. The Labute approximate surface area is 126 Å². The summed E-state index contributed by atoms with van der Waals surface area (Å²) in [6.07, 6.45) is 2.41. The van der Waals surface area contributed by atoms with Crippen molar-refractivity contribution in [2.24, 2.45) is 11.1 Å². The third-order valence-electron chi connectivity index (χ3n) is 3.68. The number of carbonyl (C=O) groups is 1. The normalized spacial score (nSPS) is 16.9. The quantitative estimate of drug-likeness (QED) is 0.621. The molecule has 108 valence electrons. The van der Waals surface area contributed by atoms with Crippen LogP contribution in [0.1, 0.15) is 50.4 Å². The first kappa shape index (κ1) is 18.3. The highest BCUT2D eigenvalue weighted by molar-refractivity contribution is 8.93. The first-order chi connectivity index (χ1) is 8.33. The number of halogens is 1. The zero-order chi connectivity index (χ0) is 13.8. The summed E-state index contributed by atoms with van der Waals surface area (Å²) < 4.78 is 0. The maximum absolute atomic E-state index is 12.6. The number of ketones is 1. The molecule has 0 spiro atoms. The molecule has 1 rings (SSSR count). The summed E-state index contributed by atoms with van der Waals surface area (Å²) in [6.45, 7) is 5.31. The minimum atomic E-state index is -1.52. The van der Waals surface area contributed by atoms with Crippen LogP contribution in [0.5, 0.6) is 0 Å². The summed E-state index contributed by atoms with van der Waals surface area (Å²) in [7, 11) is 0. The number of unbranched alkanes of at least 4 members (excludes halogenated alkanes) is 1. The van der Waals surface area contributed by atoms with Crippen LogP contribution in [0.15, 0.2) is 30.3 Å². The van der Waals surface area contributed by atoms with E-state index in [9.17, 15) is 9.90 Å². The molecule has 0 aromatic heterocycles. The maximum atomic E-state index is 12.6. The number of rotatable bonds is 6. The monoisotopic (exact) mass is 329 g/mol. The molecule has 0 radical (unpaired) electrons. The van der Waals surface area contributed by atoms with E-state index in [1.165, 1.54) is 6.92 Å². The molecule has 2 unspecified atom stereocenters. The fraction of sp³-hybridized carbons (Fsp3) is 0.533. The predicted molar refractivity (Wildman–Crippen MR) is 83.5 cm³/mol. The van der Waals surface area contributed by atoms with Crippen LogP contribution in [0, 0.1) is 5.41 Å². The summed E-state index contributed by atoms with van der Waals surface area (Å²) >= 11 is 0.